The van der Waals surface area contributed by atoms with Gasteiger partial charge in [0.1, 0.15) is 30.0 Å². The highest BCUT2D eigenvalue weighted by atomic mass is 35.5. The second-order valence-electron chi connectivity index (χ2n) is 8.54. The Bertz CT molecular complexity index is 1440. The minimum Gasteiger partial charge on any atom is -0.497 e. The van der Waals surface area contributed by atoms with Gasteiger partial charge in [-0.3, -0.25) is 10.2 Å². The van der Waals surface area contributed by atoms with Crippen LogP contribution >= 0.6 is 12.4 Å². The molecule has 0 aromatic heterocycles. The maximum Gasteiger partial charge on any atom is 0.326 e. The SMILES string of the molecule is COc1ccc(C(=O)NC(Cc2ccc3cc(OCc4ccc(C(=N)N)cc4)ccc3c2)C(=O)O)cc1.Cl. The molecule has 0 aliphatic heterocycles. The molecule has 0 fully saturated rings. The van der Waals surface area contributed by atoms with Gasteiger partial charge in [0.2, 0.25) is 0 Å². The molecule has 38 heavy (non-hydrogen) atoms. The number of aliphatic carboxylic acids is 1. The first-order valence-electron chi connectivity index (χ1n) is 11.6. The average molecular weight is 534 g/mol. The van der Waals surface area contributed by atoms with Crippen molar-refractivity contribution in [1.29, 1.82) is 5.41 Å². The minimum atomic E-state index is -1.11. The quantitative estimate of drug-likeness (QED) is 0.174. The molecule has 0 spiro atoms. The van der Waals surface area contributed by atoms with Crippen LogP contribution in [0.15, 0.2) is 84.9 Å². The fraction of sp³-hybridized carbons (Fsp3) is 0.138. The topological polar surface area (TPSA) is 135 Å². The summed E-state index contributed by atoms with van der Waals surface area (Å²) in [6, 6.07) is 24.1. The van der Waals surface area contributed by atoms with E-state index in [1.165, 1.54) is 7.11 Å². The van der Waals surface area contributed by atoms with Crippen LogP contribution in [0.1, 0.15) is 27.0 Å². The van der Waals surface area contributed by atoms with Crippen molar-refractivity contribution in [3.05, 3.63) is 107 Å². The van der Waals surface area contributed by atoms with Crippen LogP contribution < -0.4 is 20.5 Å². The van der Waals surface area contributed by atoms with Gasteiger partial charge in [-0.25, -0.2) is 4.79 Å². The van der Waals surface area contributed by atoms with Gasteiger partial charge in [0.25, 0.3) is 5.91 Å². The lowest BCUT2D eigenvalue weighted by molar-refractivity contribution is -0.139. The summed E-state index contributed by atoms with van der Waals surface area (Å²) in [5, 5.41) is 21.6. The van der Waals surface area contributed by atoms with E-state index in [9.17, 15) is 14.7 Å². The fourth-order valence-electron chi connectivity index (χ4n) is 3.86. The van der Waals surface area contributed by atoms with Crippen LogP contribution in [0.3, 0.4) is 0 Å². The zero-order chi connectivity index (χ0) is 26.4. The number of ether oxygens (including phenoxy) is 2. The van der Waals surface area contributed by atoms with E-state index in [1.54, 1.807) is 36.4 Å². The number of nitrogens with one attached hydrogen (secondary N) is 2. The Labute approximate surface area is 226 Å². The number of carbonyl (C=O) groups is 2. The molecule has 0 saturated heterocycles. The first-order chi connectivity index (χ1) is 17.8. The Kier molecular flexibility index (Phi) is 9.29. The van der Waals surface area contributed by atoms with Crippen molar-refractivity contribution in [3.63, 3.8) is 0 Å². The molecule has 196 valence electrons. The third-order valence-corrected chi connectivity index (χ3v) is 5.94. The maximum atomic E-state index is 12.6. The summed E-state index contributed by atoms with van der Waals surface area (Å²) >= 11 is 0. The van der Waals surface area contributed by atoms with Gasteiger partial charge in [0, 0.05) is 17.5 Å². The van der Waals surface area contributed by atoms with Gasteiger partial charge in [-0.1, -0.05) is 48.5 Å². The lowest BCUT2D eigenvalue weighted by Crippen LogP contribution is -2.42. The number of methoxy groups -OCH3 is 1. The average Bonchev–Trinajstić information content (AvgIpc) is 2.91. The second-order valence-corrected chi connectivity index (χ2v) is 8.54. The number of rotatable bonds is 10. The van der Waals surface area contributed by atoms with E-state index in [1.807, 2.05) is 48.5 Å². The Morgan fingerprint density at radius 1 is 0.868 bits per heavy atom. The van der Waals surface area contributed by atoms with Crippen LogP contribution in [-0.2, 0) is 17.8 Å². The molecular weight excluding hydrogens is 506 g/mol. The highest BCUT2D eigenvalue weighted by Gasteiger charge is 2.21. The van der Waals surface area contributed by atoms with Gasteiger partial charge in [-0.2, -0.15) is 0 Å². The zero-order valence-electron chi connectivity index (χ0n) is 20.6. The monoisotopic (exact) mass is 533 g/mol. The van der Waals surface area contributed by atoms with Crippen molar-refractivity contribution >= 4 is 40.9 Å². The van der Waals surface area contributed by atoms with Crippen molar-refractivity contribution in [2.75, 3.05) is 7.11 Å². The molecule has 8 nitrogen and oxygen atoms in total. The lowest BCUT2D eigenvalue weighted by Gasteiger charge is -2.15. The highest BCUT2D eigenvalue weighted by Crippen LogP contribution is 2.24. The van der Waals surface area contributed by atoms with E-state index in [4.69, 9.17) is 20.6 Å². The number of amides is 1. The van der Waals surface area contributed by atoms with Gasteiger partial charge in [-0.15, -0.1) is 12.4 Å². The lowest BCUT2D eigenvalue weighted by atomic mass is 10.0. The molecular formula is C29H28ClN3O5. The van der Waals surface area contributed by atoms with Crippen molar-refractivity contribution < 1.29 is 24.2 Å². The molecule has 4 aromatic rings. The predicted molar refractivity (Wildman–Crippen MR) is 149 cm³/mol. The van der Waals surface area contributed by atoms with Crippen LogP contribution in [-0.4, -0.2) is 36.0 Å². The summed E-state index contributed by atoms with van der Waals surface area (Å²) in [4.78, 5) is 24.4. The summed E-state index contributed by atoms with van der Waals surface area (Å²) in [6.07, 6.45) is 0.141. The first-order valence-corrected chi connectivity index (χ1v) is 11.6. The van der Waals surface area contributed by atoms with Crippen molar-refractivity contribution in [3.8, 4) is 11.5 Å². The maximum absolute atomic E-state index is 12.6. The predicted octanol–water partition coefficient (Wildman–Crippen LogP) is 4.56. The third-order valence-electron chi connectivity index (χ3n) is 5.94. The molecule has 0 radical (unpaired) electrons. The number of amidine groups is 1. The molecule has 9 heteroatoms. The molecule has 4 aromatic carbocycles. The Morgan fingerprint density at radius 2 is 1.45 bits per heavy atom. The number of hydrogen-bond donors (Lipinski definition) is 4. The third kappa shape index (κ3) is 7.02. The van der Waals surface area contributed by atoms with Crippen molar-refractivity contribution in [1.82, 2.24) is 5.32 Å². The minimum absolute atomic E-state index is 0. The smallest absolute Gasteiger partial charge is 0.326 e. The Hall–Kier alpha value is -4.56. The Balaban J connectivity index is 0.00000400. The molecule has 1 unspecified atom stereocenters. The summed E-state index contributed by atoms with van der Waals surface area (Å²) in [5.74, 6) is -0.239. The number of halogens is 1. The van der Waals surface area contributed by atoms with E-state index in [0.717, 1.165) is 21.9 Å². The molecule has 0 aliphatic carbocycles. The molecule has 0 saturated carbocycles. The Morgan fingerprint density at radius 3 is 2.08 bits per heavy atom. The van der Waals surface area contributed by atoms with Gasteiger partial charge >= 0.3 is 5.97 Å². The van der Waals surface area contributed by atoms with E-state index < -0.39 is 17.9 Å². The van der Waals surface area contributed by atoms with Crippen LogP contribution in [0.4, 0.5) is 0 Å². The molecule has 0 aliphatic rings. The first kappa shape index (κ1) is 28.0. The standard InChI is InChI=1S/C29H27N3O5.ClH/c1-36-24-11-8-21(9-12-24)28(33)32-26(29(34)35)15-19-4-7-23-16-25(13-10-22(23)14-19)37-17-18-2-5-20(6-3-18)27(30)31;/h2-14,16,26H,15,17H2,1H3,(H3,30,31)(H,32,33)(H,34,35);1H. The number of carboxylic acids is 1. The number of benzene rings is 4. The van der Waals surface area contributed by atoms with Crippen LogP contribution in [0, 0.1) is 5.41 Å². The normalized spacial score (nSPS) is 11.2. The number of nitrogen functional groups attached to an aromatic ring is 1. The highest BCUT2D eigenvalue weighted by molar-refractivity contribution is 5.97. The number of nitrogens with two attached hydrogens (primary N) is 1. The van der Waals surface area contributed by atoms with Crippen molar-refractivity contribution in [2.24, 2.45) is 5.73 Å². The largest absolute Gasteiger partial charge is 0.497 e. The van der Waals surface area contributed by atoms with E-state index in [2.05, 4.69) is 5.32 Å². The number of fused-ring (bicyclic) bond motifs is 1. The molecule has 4 rings (SSSR count). The summed E-state index contributed by atoms with van der Waals surface area (Å²) in [5.41, 5.74) is 8.25. The molecule has 5 N–H and O–H groups in total. The van der Waals surface area contributed by atoms with E-state index in [0.29, 0.717) is 29.2 Å². The van der Waals surface area contributed by atoms with Gasteiger partial charge in [0.05, 0.1) is 7.11 Å². The molecule has 0 bridgehead atoms. The summed E-state index contributed by atoms with van der Waals surface area (Å²) in [6.45, 7) is 0.371. The van der Waals surface area contributed by atoms with Gasteiger partial charge < -0.3 is 25.6 Å². The molecule has 1 atom stereocenters. The number of carboxylic acid groups (broad SMARTS) is 1. The van der Waals surface area contributed by atoms with Crippen LogP contribution in [0.25, 0.3) is 10.8 Å². The zero-order valence-corrected chi connectivity index (χ0v) is 21.5. The molecule has 0 heterocycles. The van der Waals surface area contributed by atoms with Crippen LogP contribution in [0.5, 0.6) is 11.5 Å². The van der Waals surface area contributed by atoms with Gasteiger partial charge in [-0.05, 0) is 58.3 Å². The number of hydrogen-bond acceptors (Lipinski definition) is 5. The van der Waals surface area contributed by atoms with E-state index in [-0.39, 0.29) is 24.7 Å². The van der Waals surface area contributed by atoms with Crippen LogP contribution in [0.2, 0.25) is 0 Å². The summed E-state index contributed by atoms with van der Waals surface area (Å²) < 4.78 is 11.0. The summed E-state index contributed by atoms with van der Waals surface area (Å²) in [7, 11) is 1.53. The fourth-order valence-corrected chi connectivity index (χ4v) is 3.86. The number of carbonyl (C=O) groups excluding carboxylic acids is 1. The molecule has 1 amide bonds. The van der Waals surface area contributed by atoms with Crippen molar-refractivity contribution in [2.45, 2.75) is 19.1 Å². The second kappa shape index (κ2) is 12.6. The van der Waals surface area contributed by atoms with E-state index >= 15 is 0 Å². The van der Waals surface area contributed by atoms with Gasteiger partial charge in [0.15, 0.2) is 0 Å².